The summed E-state index contributed by atoms with van der Waals surface area (Å²) in [6.07, 6.45) is 0.722. The number of morpholine rings is 1. The van der Waals surface area contributed by atoms with E-state index in [9.17, 15) is 0 Å². The molecule has 0 amide bonds. The average Bonchev–Trinajstić information content (AvgIpc) is 2.76. The Hall–Kier alpha value is -0.950. The first-order valence-corrected chi connectivity index (χ1v) is 6.35. The number of aromatic nitrogens is 1. The largest absolute Gasteiger partial charge is 0.379 e. The molecule has 2 aliphatic heterocycles. The maximum atomic E-state index is 6.09. The SMILES string of the molecule is NC1(Cc2cc(CN3CCOCC3)on2)COC1. The van der Waals surface area contributed by atoms with E-state index in [2.05, 4.69) is 10.1 Å². The van der Waals surface area contributed by atoms with Crippen LogP contribution in [0.4, 0.5) is 0 Å². The van der Waals surface area contributed by atoms with Gasteiger partial charge < -0.3 is 19.7 Å². The summed E-state index contributed by atoms with van der Waals surface area (Å²) in [7, 11) is 0. The fraction of sp³-hybridized carbons (Fsp3) is 0.750. The molecular weight excluding hydrogens is 234 g/mol. The number of nitrogens with two attached hydrogens (primary N) is 1. The summed E-state index contributed by atoms with van der Waals surface area (Å²) < 4.78 is 15.8. The van der Waals surface area contributed by atoms with Crippen molar-refractivity contribution in [2.24, 2.45) is 5.73 Å². The van der Waals surface area contributed by atoms with Crippen LogP contribution in [-0.2, 0) is 22.4 Å². The Balaban J connectivity index is 1.55. The van der Waals surface area contributed by atoms with E-state index in [4.69, 9.17) is 19.7 Å². The summed E-state index contributed by atoms with van der Waals surface area (Å²) in [5.74, 6) is 0.899. The number of ether oxygens (including phenoxy) is 2. The average molecular weight is 253 g/mol. The Morgan fingerprint density at radius 3 is 2.72 bits per heavy atom. The lowest BCUT2D eigenvalue weighted by Crippen LogP contribution is -2.58. The number of hydrogen-bond donors (Lipinski definition) is 1. The van der Waals surface area contributed by atoms with Crippen LogP contribution in [0.1, 0.15) is 11.5 Å². The van der Waals surface area contributed by atoms with Crippen LogP contribution in [0, 0.1) is 0 Å². The molecular formula is C12H19N3O3. The van der Waals surface area contributed by atoms with Crippen molar-refractivity contribution in [3.05, 3.63) is 17.5 Å². The molecule has 6 heteroatoms. The minimum Gasteiger partial charge on any atom is -0.379 e. The van der Waals surface area contributed by atoms with Crippen LogP contribution in [0.15, 0.2) is 10.6 Å². The zero-order valence-electron chi connectivity index (χ0n) is 10.4. The van der Waals surface area contributed by atoms with Gasteiger partial charge in [0.15, 0.2) is 5.76 Å². The molecule has 18 heavy (non-hydrogen) atoms. The first kappa shape index (κ1) is 12.1. The molecule has 0 spiro atoms. The molecule has 0 atom stereocenters. The second kappa shape index (κ2) is 4.97. The van der Waals surface area contributed by atoms with E-state index in [0.29, 0.717) is 13.2 Å². The first-order valence-electron chi connectivity index (χ1n) is 6.35. The molecule has 0 radical (unpaired) electrons. The predicted molar refractivity (Wildman–Crippen MR) is 64.0 cm³/mol. The van der Waals surface area contributed by atoms with E-state index in [0.717, 1.165) is 50.7 Å². The third-order valence-electron chi connectivity index (χ3n) is 3.40. The Morgan fingerprint density at radius 2 is 2.06 bits per heavy atom. The number of nitrogens with zero attached hydrogens (tertiary/aromatic N) is 2. The van der Waals surface area contributed by atoms with Gasteiger partial charge in [0.25, 0.3) is 0 Å². The number of hydrogen-bond acceptors (Lipinski definition) is 6. The summed E-state index contributed by atoms with van der Waals surface area (Å²) in [5.41, 5.74) is 6.77. The molecule has 0 bridgehead atoms. The van der Waals surface area contributed by atoms with Gasteiger partial charge in [0.1, 0.15) is 0 Å². The van der Waals surface area contributed by atoms with Crippen molar-refractivity contribution in [2.45, 2.75) is 18.5 Å². The van der Waals surface area contributed by atoms with Gasteiger partial charge in [-0.05, 0) is 0 Å². The molecule has 100 valence electrons. The van der Waals surface area contributed by atoms with Crippen molar-refractivity contribution < 1.29 is 14.0 Å². The fourth-order valence-electron chi connectivity index (χ4n) is 2.32. The second-order valence-electron chi connectivity index (χ2n) is 5.21. The highest BCUT2D eigenvalue weighted by molar-refractivity contribution is 5.11. The predicted octanol–water partition coefficient (Wildman–Crippen LogP) is -0.223. The lowest BCUT2D eigenvalue weighted by atomic mass is 9.93. The Kier molecular flexibility index (Phi) is 3.34. The van der Waals surface area contributed by atoms with E-state index >= 15 is 0 Å². The Morgan fingerprint density at radius 1 is 1.28 bits per heavy atom. The van der Waals surface area contributed by atoms with Gasteiger partial charge in [0.2, 0.25) is 0 Å². The highest BCUT2D eigenvalue weighted by atomic mass is 16.5. The van der Waals surface area contributed by atoms with Gasteiger partial charge in [-0.2, -0.15) is 0 Å². The molecule has 6 nitrogen and oxygen atoms in total. The van der Waals surface area contributed by atoms with Gasteiger partial charge in [-0.15, -0.1) is 0 Å². The maximum absolute atomic E-state index is 6.09. The monoisotopic (exact) mass is 253 g/mol. The van der Waals surface area contributed by atoms with Crippen LogP contribution in [0.25, 0.3) is 0 Å². The zero-order valence-corrected chi connectivity index (χ0v) is 10.4. The van der Waals surface area contributed by atoms with Crippen molar-refractivity contribution in [3.8, 4) is 0 Å². The fourth-order valence-corrected chi connectivity index (χ4v) is 2.32. The molecule has 0 unspecified atom stereocenters. The van der Waals surface area contributed by atoms with Crippen LogP contribution in [-0.4, -0.2) is 55.1 Å². The highest BCUT2D eigenvalue weighted by Crippen LogP contribution is 2.20. The van der Waals surface area contributed by atoms with Crippen molar-refractivity contribution in [3.63, 3.8) is 0 Å². The molecule has 2 fully saturated rings. The minimum atomic E-state index is -0.243. The molecule has 2 saturated heterocycles. The lowest BCUT2D eigenvalue weighted by molar-refractivity contribution is -0.0535. The third kappa shape index (κ3) is 2.72. The van der Waals surface area contributed by atoms with Gasteiger partial charge in [-0.1, -0.05) is 5.16 Å². The summed E-state index contributed by atoms with van der Waals surface area (Å²) in [4.78, 5) is 2.30. The molecule has 3 rings (SSSR count). The van der Waals surface area contributed by atoms with E-state index in [-0.39, 0.29) is 5.54 Å². The van der Waals surface area contributed by atoms with Gasteiger partial charge in [0.05, 0.1) is 44.2 Å². The second-order valence-corrected chi connectivity index (χ2v) is 5.21. The molecule has 3 heterocycles. The van der Waals surface area contributed by atoms with E-state index in [1.165, 1.54) is 0 Å². The smallest absolute Gasteiger partial charge is 0.150 e. The molecule has 0 aliphatic carbocycles. The minimum absolute atomic E-state index is 0.243. The van der Waals surface area contributed by atoms with Gasteiger partial charge in [0, 0.05) is 25.6 Å². The molecule has 0 saturated carbocycles. The van der Waals surface area contributed by atoms with Crippen molar-refractivity contribution in [1.82, 2.24) is 10.1 Å². The van der Waals surface area contributed by atoms with E-state index in [1.807, 2.05) is 6.07 Å². The summed E-state index contributed by atoms with van der Waals surface area (Å²) in [6.45, 7) is 5.51. The maximum Gasteiger partial charge on any atom is 0.150 e. The topological polar surface area (TPSA) is 73.8 Å². The summed E-state index contributed by atoms with van der Waals surface area (Å²) in [5, 5.41) is 4.08. The van der Waals surface area contributed by atoms with Gasteiger partial charge in [-0.3, -0.25) is 4.90 Å². The van der Waals surface area contributed by atoms with Crippen molar-refractivity contribution in [2.75, 3.05) is 39.5 Å². The number of rotatable bonds is 4. The molecule has 2 aliphatic rings. The van der Waals surface area contributed by atoms with Crippen molar-refractivity contribution >= 4 is 0 Å². The van der Waals surface area contributed by atoms with Crippen LogP contribution < -0.4 is 5.73 Å². The summed E-state index contributed by atoms with van der Waals surface area (Å²) >= 11 is 0. The Bertz CT molecular complexity index is 397. The highest BCUT2D eigenvalue weighted by Gasteiger charge is 2.35. The van der Waals surface area contributed by atoms with E-state index < -0.39 is 0 Å². The molecule has 1 aromatic heterocycles. The molecule has 1 aromatic rings. The van der Waals surface area contributed by atoms with Gasteiger partial charge in [-0.25, -0.2) is 0 Å². The van der Waals surface area contributed by atoms with Gasteiger partial charge >= 0.3 is 0 Å². The zero-order chi connectivity index (χ0) is 12.4. The van der Waals surface area contributed by atoms with Crippen LogP contribution in [0.2, 0.25) is 0 Å². The van der Waals surface area contributed by atoms with Crippen LogP contribution in [0.3, 0.4) is 0 Å². The normalized spacial score (nSPS) is 23.8. The molecule has 2 N–H and O–H groups in total. The van der Waals surface area contributed by atoms with Crippen LogP contribution in [0.5, 0.6) is 0 Å². The third-order valence-corrected chi connectivity index (χ3v) is 3.40. The van der Waals surface area contributed by atoms with E-state index in [1.54, 1.807) is 0 Å². The van der Waals surface area contributed by atoms with Crippen LogP contribution >= 0.6 is 0 Å². The summed E-state index contributed by atoms with van der Waals surface area (Å²) in [6, 6.07) is 2.00. The van der Waals surface area contributed by atoms with Crippen molar-refractivity contribution in [1.29, 1.82) is 0 Å². The standard InChI is InChI=1S/C12H19N3O3/c13-12(8-17-9-12)6-10-5-11(18-14-10)7-15-1-3-16-4-2-15/h5H,1-4,6-9,13H2. The molecule has 0 aromatic carbocycles. The first-order chi connectivity index (χ1) is 8.73. The quantitative estimate of drug-likeness (QED) is 0.799. The Labute approximate surface area is 106 Å². The lowest BCUT2D eigenvalue weighted by Gasteiger charge is -2.37.